The minimum Gasteiger partial charge on any atom is -0.497 e. The molecule has 35 heavy (non-hydrogen) atoms. The van der Waals surface area contributed by atoms with E-state index in [9.17, 15) is 4.79 Å². The number of aromatic amines is 1. The third-order valence-electron chi connectivity index (χ3n) is 7.98. The van der Waals surface area contributed by atoms with Crippen LogP contribution in [0.5, 0.6) is 5.75 Å². The molecule has 0 aliphatic heterocycles. The van der Waals surface area contributed by atoms with Gasteiger partial charge in [-0.05, 0) is 66.1 Å². The highest BCUT2D eigenvalue weighted by Crippen LogP contribution is 2.37. The monoisotopic (exact) mass is 478 g/mol. The summed E-state index contributed by atoms with van der Waals surface area (Å²) in [4.78, 5) is 18.8. The summed E-state index contributed by atoms with van der Waals surface area (Å²) in [6.07, 6.45) is 12.9. The highest BCUT2D eigenvalue weighted by molar-refractivity contribution is 5.80. The van der Waals surface area contributed by atoms with Crippen LogP contribution < -0.4 is 10.3 Å². The molecule has 0 radical (unpaired) electrons. The molecule has 1 N–H and O–H groups in total. The lowest BCUT2D eigenvalue weighted by Gasteiger charge is -2.36. The Hall–Kier alpha value is -2.74. The van der Waals surface area contributed by atoms with Gasteiger partial charge in [0.25, 0.3) is 5.56 Å². The maximum absolute atomic E-state index is 13.2. The Kier molecular flexibility index (Phi) is 7.46. The lowest BCUT2D eigenvalue weighted by molar-refractivity contribution is 0.105. The van der Waals surface area contributed by atoms with Crippen molar-refractivity contribution in [2.45, 2.75) is 102 Å². The van der Waals surface area contributed by atoms with Crippen molar-refractivity contribution in [2.24, 2.45) is 0 Å². The van der Waals surface area contributed by atoms with Crippen molar-refractivity contribution in [3.8, 4) is 5.75 Å². The smallest absolute Gasteiger partial charge is 0.252 e. The molecule has 188 valence electrons. The molecular formula is C27H38N6O2. The number of aromatic nitrogens is 5. The van der Waals surface area contributed by atoms with Gasteiger partial charge in [0, 0.05) is 24.2 Å². The molecule has 2 heterocycles. The quantitative estimate of drug-likeness (QED) is 0.448. The maximum Gasteiger partial charge on any atom is 0.252 e. The largest absolute Gasteiger partial charge is 0.497 e. The summed E-state index contributed by atoms with van der Waals surface area (Å²) in [5, 5.41) is 14.2. The van der Waals surface area contributed by atoms with E-state index in [1.165, 1.54) is 32.1 Å². The first-order valence-electron chi connectivity index (χ1n) is 13.4. The highest BCUT2D eigenvalue weighted by atomic mass is 16.5. The molecule has 2 aliphatic rings. The Balaban J connectivity index is 1.51. The van der Waals surface area contributed by atoms with Crippen molar-refractivity contribution >= 4 is 10.9 Å². The zero-order valence-corrected chi connectivity index (χ0v) is 21.1. The van der Waals surface area contributed by atoms with Crippen LogP contribution in [-0.4, -0.2) is 43.2 Å². The third kappa shape index (κ3) is 5.13. The van der Waals surface area contributed by atoms with E-state index in [0.29, 0.717) is 18.6 Å². The topological polar surface area (TPSA) is 88.9 Å². The molecule has 2 aliphatic carbocycles. The number of benzene rings is 1. The average Bonchev–Trinajstić information content (AvgIpc) is 3.59. The lowest BCUT2D eigenvalue weighted by Crippen LogP contribution is -2.39. The first-order valence-corrected chi connectivity index (χ1v) is 13.4. The fourth-order valence-electron chi connectivity index (χ4n) is 6.12. The number of methoxy groups -OCH3 is 1. The van der Waals surface area contributed by atoms with Crippen LogP contribution in [0.1, 0.15) is 101 Å². The predicted octanol–water partition coefficient (Wildman–Crippen LogP) is 5.31. The predicted molar refractivity (Wildman–Crippen MR) is 137 cm³/mol. The second-order valence-electron chi connectivity index (χ2n) is 10.3. The van der Waals surface area contributed by atoms with E-state index in [2.05, 4.69) is 37.0 Å². The van der Waals surface area contributed by atoms with Crippen molar-refractivity contribution in [1.82, 2.24) is 30.1 Å². The average molecular weight is 479 g/mol. The van der Waals surface area contributed by atoms with E-state index in [1.807, 2.05) is 24.3 Å². The summed E-state index contributed by atoms with van der Waals surface area (Å²) in [7, 11) is 1.64. The molecule has 1 atom stereocenters. The molecule has 1 aromatic carbocycles. The standard InChI is InChI=1S/C27H38N6O2/c1-3-9-25(26-29-30-31-33(26)22-12-5-4-6-13-22)32(21-10-7-8-11-21)18-20-16-19-14-15-23(35-2)17-24(19)28-27(20)34/h14-17,21-22,25H,3-13,18H2,1-2H3,(H,28,34). The van der Waals surface area contributed by atoms with Crippen molar-refractivity contribution in [3.05, 3.63) is 46.0 Å². The molecule has 0 bridgehead atoms. The third-order valence-corrected chi connectivity index (χ3v) is 7.98. The van der Waals surface area contributed by atoms with E-state index >= 15 is 0 Å². The molecule has 5 rings (SSSR count). The van der Waals surface area contributed by atoms with E-state index in [1.54, 1.807) is 7.11 Å². The first-order chi connectivity index (χ1) is 17.2. The number of pyridine rings is 1. The molecule has 0 spiro atoms. The summed E-state index contributed by atoms with van der Waals surface area (Å²) in [6, 6.07) is 8.81. The molecule has 2 fully saturated rings. The van der Waals surface area contributed by atoms with Gasteiger partial charge in [-0.2, -0.15) is 0 Å². The second-order valence-corrected chi connectivity index (χ2v) is 10.3. The van der Waals surface area contributed by atoms with Gasteiger partial charge in [0.1, 0.15) is 5.75 Å². The highest BCUT2D eigenvalue weighted by Gasteiger charge is 2.34. The number of H-pyrrole nitrogens is 1. The Bertz CT molecular complexity index is 1180. The number of nitrogens with zero attached hydrogens (tertiary/aromatic N) is 5. The summed E-state index contributed by atoms with van der Waals surface area (Å²) in [6.45, 7) is 2.83. The van der Waals surface area contributed by atoms with E-state index < -0.39 is 0 Å². The van der Waals surface area contributed by atoms with Crippen molar-refractivity contribution in [3.63, 3.8) is 0 Å². The maximum atomic E-state index is 13.2. The van der Waals surface area contributed by atoms with Gasteiger partial charge in [-0.3, -0.25) is 9.69 Å². The second kappa shape index (κ2) is 10.9. The number of hydrogen-bond donors (Lipinski definition) is 1. The number of rotatable bonds is 9. The zero-order valence-electron chi connectivity index (χ0n) is 21.1. The molecule has 1 unspecified atom stereocenters. The van der Waals surface area contributed by atoms with Gasteiger partial charge in [0.2, 0.25) is 0 Å². The van der Waals surface area contributed by atoms with Crippen molar-refractivity contribution in [2.75, 3.05) is 7.11 Å². The van der Waals surface area contributed by atoms with Crippen LogP contribution in [0.4, 0.5) is 0 Å². The molecule has 0 amide bonds. The molecular weight excluding hydrogens is 440 g/mol. The van der Waals surface area contributed by atoms with Crippen LogP contribution in [0, 0.1) is 0 Å². The summed E-state index contributed by atoms with van der Waals surface area (Å²) < 4.78 is 7.46. The molecule has 2 saturated carbocycles. The Labute approximate surface area is 207 Å². The molecule has 8 heteroatoms. The Morgan fingerprint density at radius 1 is 1.11 bits per heavy atom. The van der Waals surface area contributed by atoms with Gasteiger partial charge >= 0.3 is 0 Å². The van der Waals surface area contributed by atoms with Crippen molar-refractivity contribution in [1.29, 1.82) is 0 Å². The van der Waals surface area contributed by atoms with Crippen LogP contribution >= 0.6 is 0 Å². The SMILES string of the molecule is CCCC(c1nnnn1C1CCCCC1)N(Cc1cc2ccc(OC)cc2[nH]c1=O)C1CCCC1. The number of fused-ring (bicyclic) bond motifs is 1. The van der Waals surface area contributed by atoms with Gasteiger partial charge in [0.05, 0.1) is 24.7 Å². The molecule has 2 aromatic heterocycles. The molecule has 3 aromatic rings. The number of nitrogens with one attached hydrogen (secondary N) is 1. The van der Waals surface area contributed by atoms with Crippen molar-refractivity contribution < 1.29 is 4.74 Å². The Morgan fingerprint density at radius 3 is 2.63 bits per heavy atom. The fraction of sp³-hybridized carbons (Fsp3) is 0.630. The lowest BCUT2D eigenvalue weighted by atomic mass is 9.95. The minimum absolute atomic E-state index is 0.0316. The van der Waals surface area contributed by atoms with Crippen LogP contribution in [0.25, 0.3) is 10.9 Å². The van der Waals surface area contributed by atoms with Crippen LogP contribution in [0.15, 0.2) is 29.1 Å². The van der Waals surface area contributed by atoms with Gasteiger partial charge in [-0.1, -0.05) is 45.4 Å². The van der Waals surface area contributed by atoms with Crippen LogP contribution in [-0.2, 0) is 6.54 Å². The normalized spacial score (nSPS) is 18.5. The minimum atomic E-state index is -0.0316. The summed E-state index contributed by atoms with van der Waals surface area (Å²) in [5.74, 6) is 1.72. The fourth-order valence-corrected chi connectivity index (χ4v) is 6.12. The number of tetrazole rings is 1. The molecule has 8 nitrogen and oxygen atoms in total. The van der Waals surface area contributed by atoms with E-state index in [0.717, 1.165) is 66.6 Å². The summed E-state index contributed by atoms with van der Waals surface area (Å²) in [5.41, 5.74) is 1.57. The number of ether oxygens (including phenoxy) is 1. The van der Waals surface area contributed by atoms with E-state index in [-0.39, 0.29) is 11.6 Å². The van der Waals surface area contributed by atoms with Gasteiger partial charge in [0.15, 0.2) is 5.82 Å². The van der Waals surface area contributed by atoms with Crippen LogP contribution in [0.3, 0.4) is 0 Å². The summed E-state index contributed by atoms with van der Waals surface area (Å²) >= 11 is 0. The van der Waals surface area contributed by atoms with Gasteiger partial charge < -0.3 is 9.72 Å². The van der Waals surface area contributed by atoms with Crippen LogP contribution in [0.2, 0.25) is 0 Å². The zero-order chi connectivity index (χ0) is 24.2. The van der Waals surface area contributed by atoms with E-state index in [4.69, 9.17) is 4.74 Å². The number of hydrogen-bond acceptors (Lipinski definition) is 6. The first kappa shape index (κ1) is 24.0. The molecule has 0 saturated heterocycles. The van der Waals surface area contributed by atoms with Gasteiger partial charge in [-0.25, -0.2) is 4.68 Å². The Morgan fingerprint density at radius 2 is 1.89 bits per heavy atom. The van der Waals surface area contributed by atoms with Gasteiger partial charge in [-0.15, -0.1) is 5.10 Å².